The van der Waals surface area contributed by atoms with E-state index >= 15 is 0 Å². The van der Waals surface area contributed by atoms with Crippen LogP contribution in [0.1, 0.15) is 57.7 Å². The molecule has 0 bridgehead atoms. The number of nitrogens with one attached hydrogen (secondary N) is 1. The zero-order valence-electron chi connectivity index (χ0n) is 19.2. The Kier molecular flexibility index (Phi) is 6.26. The number of hydrogen-bond donors (Lipinski definition) is 1. The number of benzene rings is 1. The van der Waals surface area contributed by atoms with E-state index in [2.05, 4.69) is 53.4 Å². The molecule has 3 atom stereocenters. The van der Waals surface area contributed by atoms with Crippen LogP contribution in [0.5, 0.6) is 0 Å². The van der Waals surface area contributed by atoms with Crippen LogP contribution in [0.3, 0.4) is 0 Å². The Morgan fingerprint density at radius 1 is 1.16 bits per heavy atom. The average Bonchev–Trinajstić information content (AvgIpc) is 2.80. The third-order valence-corrected chi connectivity index (χ3v) is 6.72. The van der Waals surface area contributed by atoms with Gasteiger partial charge in [0.1, 0.15) is 0 Å². The smallest absolute Gasteiger partial charge is 0.224 e. The van der Waals surface area contributed by atoms with E-state index in [0.29, 0.717) is 12.5 Å². The van der Waals surface area contributed by atoms with E-state index in [-0.39, 0.29) is 29.8 Å². The lowest BCUT2D eigenvalue weighted by Gasteiger charge is -2.45. The van der Waals surface area contributed by atoms with Gasteiger partial charge in [-0.25, -0.2) is 9.97 Å². The maximum atomic E-state index is 12.7. The first-order valence-electron chi connectivity index (χ1n) is 11.3. The fourth-order valence-electron chi connectivity index (χ4n) is 5.04. The van der Waals surface area contributed by atoms with Gasteiger partial charge in [0, 0.05) is 57.0 Å². The lowest BCUT2D eigenvalue weighted by atomic mass is 9.80. The van der Waals surface area contributed by atoms with Crippen molar-refractivity contribution in [3.05, 3.63) is 53.9 Å². The number of fused-ring (bicyclic) bond motifs is 1. The summed E-state index contributed by atoms with van der Waals surface area (Å²) in [5, 5.41) is 3.53. The summed E-state index contributed by atoms with van der Waals surface area (Å²) < 4.78 is 0. The number of rotatable bonds is 4. The molecule has 2 amide bonds. The van der Waals surface area contributed by atoms with Crippen molar-refractivity contribution < 1.29 is 9.59 Å². The second-order valence-electron chi connectivity index (χ2n) is 8.64. The summed E-state index contributed by atoms with van der Waals surface area (Å²) in [7, 11) is 0. The molecule has 3 heterocycles. The Morgan fingerprint density at radius 2 is 1.91 bits per heavy atom. The number of hydrogen-bond acceptors (Lipinski definition) is 5. The molecule has 0 aliphatic carbocycles. The van der Waals surface area contributed by atoms with Gasteiger partial charge in [0.2, 0.25) is 17.8 Å². The van der Waals surface area contributed by atoms with E-state index in [1.807, 2.05) is 9.80 Å². The molecule has 0 unspecified atom stereocenters. The fraction of sp³-hybridized carbons (Fsp3) is 0.440. The standard InChI is InChI=1S/C25H31N5O2/c1-5-22-16(2)24(28-25-26-11-6-12-27-25)21-15-20(7-8-23(21)30(22)18(4)32)19-9-13-29(14-10-19)17(3)31/h6-9,11-12,15-16,22,24H,5,10,13-14H2,1-4H3,(H,26,27,28)/t16-,22-,24+/m0/s1. The molecule has 0 saturated heterocycles. The SMILES string of the molecule is CC[C@H]1[C@H](C)[C@@H](Nc2ncccn2)c2cc(C3=CCN(C(C)=O)CC3)ccc2N1C(C)=O. The lowest BCUT2D eigenvalue weighted by Crippen LogP contribution is -2.49. The highest BCUT2D eigenvalue weighted by atomic mass is 16.2. The molecule has 0 spiro atoms. The van der Waals surface area contributed by atoms with Crippen molar-refractivity contribution >= 4 is 29.0 Å². The monoisotopic (exact) mass is 433 g/mol. The molecule has 0 radical (unpaired) electrons. The molecule has 4 rings (SSSR count). The topological polar surface area (TPSA) is 78.4 Å². The predicted molar refractivity (Wildman–Crippen MR) is 126 cm³/mol. The van der Waals surface area contributed by atoms with Crippen LogP contribution >= 0.6 is 0 Å². The summed E-state index contributed by atoms with van der Waals surface area (Å²) >= 11 is 0. The second kappa shape index (κ2) is 9.10. The number of amides is 2. The minimum atomic E-state index is -0.0224. The molecule has 2 aliphatic rings. The molecule has 2 aliphatic heterocycles. The molecule has 1 N–H and O–H groups in total. The quantitative estimate of drug-likeness (QED) is 0.787. The third-order valence-electron chi connectivity index (χ3n) is 6.72. The molecule has 7 nitrogen and oxygen atoms in total. The Hall–Kier alpha value is -3.22. The summed E-state index contributed by atoms with van der Waals surface area (Å²) in [4.78, 5) is 36.9. The van der Waals surface area contributed by atoms with E-state index in [0.717, 1.165) is 36.2 Å². The van der Waals surface area contributed by atoms with Crippen molar-refractivity contribution in [3.63, 3.8) is 0 Å². The van der Waals surface area contributed by atoms with Gasteiger partial charge in [-0.2, -0.15) is 0 Å². The second-order valence-corrected chi connectivity index (χ2v) is 8.64. The molecule has 0 saturated carbocycles. The molecule has 1 aromatic heterocycles. The van der Waals surface area contributed by atoms with E-state index in [1.54, 1.807) is 32.3 Å². The van der Waals surface area contributed by atoms with Crippen molar-refractivity contribution in [2.75, 3.05) is 23.3 Å². The summed E-state index contributed by atoms with van der Waals surface area (Å²) in [5.41, 5.74) is 4.40. The normalized spacial score (nSPS) is 22.8. The fourth-order valence-corrected chi connectivity index (χ4v) is 5.04. The molecular weight excluding hydrogens is 402 g/mol. The molecule has 32 heavy (non-hydrogen) atoms. The Balaban J connectivity index is 1.76. The van der Waals surface area contributed by atoms with Gasteiger partial charge >= 0.3 is 0 Å². The Labute approximate surface area is 189 Å². The van der Waals surface area contributed by atoms with Gasteiger partial charge in [0.25, 0.3) is 0 Å². The van der Waals surface area contributed by atoms with Crippen molar-refractivity contribution in [2.45, 2.75) is 52.6 Å². The third kappa shape index (κ3) is 4.11. The highest BCUT2D eigenvalue weighted by molar-refractivity contribution is 5.94. The largest absolute Gasteiger partial charge is 0.347 e. The van der Waals surface area contributed by atoms with Gasteiger partial charge in [-0.15, -0.1) is 0 Å². The summed E-state index contributed by atoms with van der Waals surface area (Å²) in [6.07, 6.45) is 7.28. The van der Waals surface area contributed by atoms with Crippen LogP contribution in [0.15, 0.2) is 42.7 Å². The first-order chi connectivity index (χ1) is 15.4. The number of aromatic nitrogens is 2. The number of nitrogens with zero attached hydrogens (tertiary/aromatic N) is 4. The average molecular weight is 434 g/mol. The zero-order valence-corrected chi connectivity index (χ0v) is 19.2. The maximum Gasteiger partial charge on any atom is 0.224 e. The van der Waals surface area contributed by atoms with Crippen LogP contribution in [-0.2, 0) is 9.59 Å². The van der Waals surface area contributed by atoms with Crippen LogP contribution in [-0.4, -0.2) is 45.8 Å². The minimum absolute atomic E-state index is 0.0224. The lowest BCUT2D eigenvalue weighted by molar-refractivity contribution is -0.128. The Bertz CT molecular complexity index is 1040. The molecular formula is C25H31N5O2. The van der Waals surface area contributed by atoms with Gasteiger partial charge in [-0.05, 0) is 47.7 Å². The maximum absolute atomic E-state index is 12.7. The van der Waals surface area contributed by atoms with Crippen molar-refractivity contribution in [1.82, 2.24) is 14.9 Å². The van der Waals surface area contributed by atoms with Crippen molar-refractivity contribution in [2.24, 2.45) is 5.92 Å². The first-order valence-corrected chi connectivity index (χ1v) is 11.3. The Morgan fingerprint density at radius 3 is 2.50 bits per heavy atom. The van der Waals surface area contributed by atoms with Crippen LogP contribution < -0.4 is 10.2 Å². The van der Waals surface area contributed by atoms with Crippen LogP contribution in [0.4, 0.5) is 11.6 Å². The van der Waals surface area contributed by atoms with E-state index in [9.17, 15) is 9.59 Å². The number of carbonyl (C=O) groups is 2. The van der Waals surface area contributed by atoms with Gasteiger partial charge < -0.3 is 15.1 Å². The number of carbonyl (C=O) groups excluding carboxylic acids is 2. The first kappa shape index (κ1) is 22.0. The van der Waals surface area contributed by atoms with Crippen molar-refractivity contribution in [3.8, 4) is 0 Å². The van der Waals surface area contributed by atoms with Crippen LogP contribution in [0.25, 0.3) is 5.57 Å². The van der Waals surface area contributed by atoms with Gasteiger partial charge in [0.05, 0.1) is 6.04 Å². The van der Waals surface area contributed by atoms with E-state index in [1.165, 1.54) is 5.57 Å². The minimum Gasteiger partial charge on any atom is -0.347 e. The van der Waals surface area contributed by atoms with E-state index < -0.39 is 0 Å². The molecule has 0 fully saturated rings. The van der Waals surface area contributed by atoms with Gasteiger partial charge in [-0.1, -0.05) is 26.0 Å². The van der Waals surface area contributed by atoms with Gasteiger partial charge in [-0.3, -0.25) is 9.59 Å². The zero-order chi connectivity index (χ0) is 22.8. The summed E-state index contributed by atoms with van der Waals surface area (Å²) in [6.45, 7) is 8.93. The highest BCUT2D eigenvalue weighted by Crippen LogP contribution is 2.44. The van der Waals surface area contributed by atoms with Crippen LogP contribution in [0, 0.1) is 5.92 Å². The molecule has 7 heteroatoms. The highest BCUT2D eigenvalue weighted by Gasteiger charge is 2.40. The number of anilines is 2. The van der Waals surface area contributed by atoms with Crippen molar-refractivity contribution in [1.29, 1.82) is 0 Å². The molecule has 1 aromatic carbocycles. The van der Waals surface area contributed by atoms with E-state index in [4.69, 9.17) is 0 Å². The molecule has 168 valence electrons. The predicted octanol–water partition coefficient (Wildman–Crippen LogP) is 4.05. The van der Waals surface area contributed by atoms with Gasteiger partial charge in [0.15, 0.2) is 0 Å². The summed E-state index contributed by atoms with van der Waals surface area (Å²) in [5.74, 6) is 0.917. The summed E-state index contributed by atoms with van der Waals surface area (Å²) in [6, 6.07) is 8.23. The molecule has 2 aromatic rings. The van der Waals surface area contributed by atoms with Crippen LogP contribution in [0.2, 0.25) is 0 Å².